The fourth-order valence-electron chi connectivity index (χ4n) is 4.91. The highest BCUT2D eigenvalue weighted by molar-refractivity contribution is 5.89. The van der Waals surface area contributed by atoms with Crippen molar-refractivity contribution in [2.24, 2.45) is 0 Å². The zero-order valence-electron chi connectivity index (χ0n) is 24.5. The van der Waals surface area contributed by atoms with E-state index in [4.69, 9.17) is 0 Å². The van der Waals surface area contributed by atoms with Crippen molar-refractivity contribution in [2.45, 2.75) is 0 Å². The van der Waals surface area contributed by atoms with Gasteiger partial charge in [0.05, 0.1) is 52.3 Å². The van der Waals surface area contributed by atoms with Gasteiger partial charge in [0.15, 0.2) is 0 Å². The Kier molecular flexibility index (Phi) is 7.29. The smallest absolute Gasteiger partial charge is 0.335 e. The Morgan fingerprint density at radius 3 is 0.896 bits per heavy atom. The van der Waals surface area contributed by atoms with E-state index in [1.807, 2.05) is 18.2 Å². The number of carboxylic acid groups (broad SMARTS) is 3. The highest BCUT2D eigenvalue weighted by Gasteiger charge is 2.16. The van der Waals surface area contributed by atoms with Crippen LogP contribution in [0.3, 0.4) is 0 Å². The standard InChI is InChI=1S/C33H21N9O6/c43-31(44)19-1-7-25(8-2-19)40-16-28(34-37-40)22-13-23(29-17-41(38-35-29)26-9-3-20(4-10-26)32(45)46)15-24(14-22)30-18-42(39-36-30)27-11-5-21(6-12-27)33(47)48/h1-18H,(H,43,44)(H,45,46)(H,47,48). The Balaban J connectivity index is 1.28. The molecule has 0 saturated heterocycles. The molecule has 15 nitrogen and oxygen atoms in total. The lowest BCUT2D eigenvalue weighted by Crippen LogP contribution is -1.98. The Hall–Kier alpha value is -7.29. The number of nitrogens with zero attached hydrogens (tertiary/aromatic N) is 9. The number of aromatic carboxylic acids is 3. The summed E-state index contributed by atoms with van der Waals surface area (Å²) in [6.45, 7) is 0. The summed E-state index contributed by atoms with van der Waals surface area (Å²) in [5, 5.41) is 53.5. The molecule has 234 valence electrons. The molecule has 48 heavy (non-hydrogen) atoms. The van der Waals surface area contributed by atoms with E-state index in [1.54, 1.807) is 55.0 Å². The summed E-state index contributed by atoms with van der Waals surface area (Å²) in [7, 11) is 0. The van der Waals surface area contributed by atoms with Crippen molar-refractivity contribution in [3.63, 3.8) is 0 Å². The summed E-state index contributed by atoms with van der Waals surface area (Å²) in [6.07, 6.45) is 5.13. The molecule has 0 spiro atoms. The van der Waals surface area contributed by atoms with Gasteiger partial charge < -0.3 is 15.3 Å². The molecule has 0 aliphatic heterocycles. The predicted octanol–water partition coefficient (Wildman–Crippen LogP) is 4.52. The summed E-state index contributed by atoms with van der Waals surface area (Å²) in [4.78, 5) is 33.8. The fourth-order valence-corrected chi connectivity index (χ4v) is 4.91. The van der Waals surface area contributed by atoms with Crippen LogP contribution in [0.2, 0.25) is 0 Å². The maximum atomic E-state index is 11.3. The van der Waals surface area contributed by atoms with Gasteiger partial charge in [0.2, 0.25) is 0 Å². The Morgan fingerprint density at radius 1 is 0.417 bits per heavy atom. The maximum absolute atomic E-state index is 11.3. The molecule has 4 aromatic carbocycles. The Morgan fingerprint density at radius 2 is 0.667 bits per heavy atom. The molecule has 3 N–H and O–H groups in total. The highest BCUT2D eigenvalue weighted by atomic mass is 16.4. The van der Waals surface area contributed by atoms with E-state index in [0.29, 0.717) is 50.8 Å². The van der Waals surface area contributed by atoms with E-state index in [9.17, 15) is 29.7 Å². The number of rotatable bonds is 9. The lowest BCUT2D eigenvalue weighted by molar-refractivity contribution is 0.0686. The molecule has 15 heteroatoms. The predicted molar refractivity (Wildman–Crippen MR) is 168 cm³/mol. The summed E-state index contributed by atoms with van der Waals surface area (Å²) >= 11 is 0. The molecular weight excluding hydrogens is 618 g/mol. The average molecular weight is 640 g/mol. The molecule has 0 unspecified atom stereocenters. The van der Waals surface area contributed by atoms with Crippen LogP contribution in [0.1, 0.15) is 31.1 Å². The van der Waals surface area contributed by atoms with Crippen LogP contribution in [0.25, 0.3) is 50.8 Å². The number of aromatic nitrogens is 9. The van der Waals surface area contributed by atoms with Gasteiger partial charge in [-0.1, -0.05) is 15.6 Å². The number of carbonyl (C=O) groups is 3. The number of hydrogen-bond donors (Lipinski definition) is 3. The van der Waals surface area contributed by atoms with Gasteiger partial charge in [-0.3, -0.25) is 0 Å². The van der Waals surface area contributed by atoms with Crippen molar-refractivity contribution in [1.29, 1.82) is 0 Å². The van der Waals surface area contributed by atoms with Crippen LogP contribution < -0.4 is 0 Å². The third-order valence-electron chi connectivity index (χ3n) is 7.44. The van der Waals surface area contributed by atoms with Crippen molar-refractivity contribution >= 4 is 17.9 Å². The molecule has 0 fully saturated rings. The van der Waals surface area contributed by atoms with Crippen molar-refractivity contribution < 1.29 is 29.7 Å². The minimum absolute atomic E-state index is 0.146. The van der Waals surface area contributed by atoms with Gasteiger partial charge >= 0.3 is 17.9 Å². The van der Waals surface area contributed by atoms with Crippen molar-refractivity contribution in [3.05, 3.63) is 126 Å². The molecule has 3 aromatic heterocycles. The third-order valence-corrected chi connectivity index (χ3v) is 7.44. The van der Waals surface area contributed by atoms with E-state index in [2.05, 4.69) is 30.9 Å². The van der Waals surface area contributed by atoms with Crippen LogP contribution in [0.4, 0.5) is 0 Å². The first-order valence-corrected chi connectivity index (χ1v) is 14.2. The monoisotopic (exact) mass is 639 g/mol. The molecule has 0 amide bonds. The van der Waals surface area contributed by atoms with Gasteiger partial charge in [-0.2, -0.15) is 0 Å². The van der Waals surface area contributed by atoms with Crippen molar-refractivity contribution in [3.8, 4) is 50.8 Å². The SMILES string of the molecule is O=C(O)c1ccc(-n2cc(-c3cc(-c4cn(-c5ccc(C(=O)O)cc5)nn4)cc(-c4cn(-c5ccc(C(=O)O)cc5)nn4)c3)nn2)cc1. The first-order chi connectivity index (χ1) is 23.2. The molecule has 0 bridgehead atoms. The second-order valence-corrected chi connectivity index (χ2v) is 10.5. The number of benzene rings is 4. The maximum Gasteiger partial charge on any atom is 0.335 e. The van der Waals surface area contributed by atoms with Gasteiger partial charge in [-0.15, -0.1) is 15.3 Å². The van der Waals surface area contributed by atoms with Crippen LogP contribution in [0, 0.1) is 0 Å². The number of hydrogen-bond acceptors (Lipinski definition) is 9. The third kappa shape index (κ3) is 5.77. The molecule has 7 rings (SSSR count). The summed E-state index contributed by atoms with van der Waals surface area (Å²) in [5.41, 5.74) is 5.80. The minimum atomic E-state index is -1.03. The molecule has 0 aliphatic rings. The summed E-state index contributed by atoms with van der Waals surface area (Å²) in [6, 6.07) is 24.3. The second kappa shape index (κ2) is 11.9. The van der Waals surface area contributed by atoms with Gasteiger partial charge in [0, 0.05) is 16.7 Å². The van der Waals surface area contributed by atoms with Crippen LogP contribution >= 0.6 is 0 Å². The van der Waals surface area contributed by atoms with Gasteiger partial charge in [-0.25, -0.2) is 28.4 Å². The van der Waals surface area contributed by atoms with Crippen LogP contribution in [-0.2, 0) is 0 Å². The summed E-state index contributed by atoms with van der Waals surface area (Å²) < 4.78 is 4.59. The molecular formula is C33H21N9O6. The Bertz CT molecular complexity index is 2050. The van der Waals surface area contributed by atoms with Crippen LogP contribution in [0.15, 0.2) is 110 Å². The molecule has 7 aromatic rings. The average Bonchev–Trinajstić information content (AvgIpc) is 3.90. The summed E-state index contributed by atoms with van der Waals surface area (Å²) in [5.74, 6) is -3.10. The molecule has 0 aliphatic carbocycles. The van der Waals surface area contributed by atoms with E-state index >= 15 is 0 Å². The number of carboxylic acids is 3. The van der Waals surface area contributed by atoms with Gasteiger partial charge in [0.25, 0.3) is 0 Å². The van der Waals surface area contributed by atoms with Crippen molar-refractivity contribution in [2.75, 3.05) is 0 Å². The second-order valence-electron chi connectivity index (χ2n) is 10.5. The lowest BCUT2D eigenvalue weighted by Gasteiger charge is -2.05. The quantitative estimate of drug-likeness (QED) is 0.199. The van der Waals surface area contributed by atoms with E-state index in [0.717, 1.165) is 0 Å². The minimum Gasteiger partial charge on any atom is -0.478 e. The van der Waals surface area contributed by atoms with E-state index < -0.39 is 17.9 Å². The zero-order chi connectivity index (χ0) is 33.4. The molecule has 0 atom stereocenters. The highest BCUT2D eigenvalue weighted by Crippen LogP contribution is 2.31. The largest absolute Gasteiger partial charge is 0.478 e. The van der Waals surface area contributed by atoms with Gasteiger partial charge in [-0.05, 0) is 91.0 Å². The van der Waals surface area contributed by atoms with E-state index in [1.165, 1.54) is 50.4 Å². The first kappa shape index (κ1) is 29.4. The lowest BCUT2D eigenvalue weighted by atomic mass is 10.0. The van der Waals surface area contributed by atoms with E-state index in [-0.39, 0.29) is 16.7 Å². The molecule has 3 heterocycles. The fraction of sp³-hybridized carbons (Fsp3) is 0. The first-order valence-electron chi connectivity index (χ1n) is 14.2. The Labute approximate surface area is 269 Å². The van der Waals surface area contributed by atoms with Crippen LogP contribution in [-0.4, -0.2) is 78.2 Å². The topological polar surface area (TPSA) is 204 Å². The van der Waals surface area contributed by atoms with Gasteiger partial charge in [0.1, 0.15) is 17.1 Å². The van der Waals surface area contributed by atoms with Crippen LogP contribution in [0.5, 0.6) is 0 Å². The molecule has 0 saturated carbocycles. The normalized spacial score (nSPS) is 11.0. The zero-order valence-corrected chi connectivity index (χ0v) is 24.5. The van der Waals surface area contributed by atoms with Crippen molar-refractivity contribution in [1.82, 2.24) is 45.0 Å². The molecule has 0 radical (unpaired) electrons.